The molecule has 0 bridgehead atoms. The van der Waals surface area contributed by atoms with Gasteiger partial charge in [0.05, 0.1) is 23.9 Å². The molecule has 0 aromatic heterocycles. The summed E-state index contributed by atoms with van der Waals surface area (Å²) in [6, 6.07) is 8.67. The molecule has 31 heavy (non-hydrogen) atoms. The van der Waals surface area contributed by atoms with Gasteiger partial charge in [0.1, 0.15) is 10.7 Å². The quantitative estimate of drug-likeness (QED) is 0.441. The molecule has 0 saturated heterocycles. The van der Waals surface area contributed by atoms with Crippen LogP contribution in [-0.4, -0.2) is 46.5 Å². The van der Waals surface area contributed by atoms with Crippen LogP contribution in [0.1, 0.15) is 20.7 Å². The molecule has 2 rings (SSSR count). The zero-order valence-corrected chi connectivity index (χ0v) is 17.2. The van der Waals surface area contributed by atoms with Crippen molar-refractivity contribution in [1.82, 2.24) is 4.72 Å². The van der Waals surface area contributed by atoms with E-state index in [0.717, 1.165) is 18.2 Å². The van der Waals surface area contributed by atoms with E-state index in [0.29, 0.717) is 0 Å². The van der Waals surface area contributed by atoms with Crippen LogP contribution in [0.15, 0.2) is 60.0 Å². The maximum Gasteiger partial charge on any atom is 0.339 e. The number of anilines is 1. The number of para-hydroxylation sites is 1. The molecule has 0 aliphatic heterocycles. The third kappa shape index (κ3) is 6.20. The number of rotatable bonds is 9. The fraction of sp³-hybridized carbons (Fsp3) is 0.150. The van der Waals surface area contributed by atoms with E-state index in [1.165, 1.54) is 25.3 Å². The van der Waals surface area contributed by atoms with Crippen molar-refractivity contribution in [3.8, 4) is 0 Å². The predicted octanol–water partition coefficient (Wildman–Crippen LogP) is 1.87. The van der Waals surface area contributed by atoms with Gasteiger partial charge in [-0.1, -0.05) is 18.2 Å². The molecule has 0 aliphatic rings. The Morgan fingerprint density at radius 2 is 1.84 bits per heavy atom. The Kier molecular flexibility index (Phi) is 8.00. The molecule has 11 heteroatoms. The summed E-state index contributed by atoms with van der Waals surface area (Å²) >= 11 is 0. The fourth-order valence-corrected chi connectivity index (χ4v) is 3.46. The highest BCUT2D eigenvalue weighted by Crippen LogP contribution is 2.18. The third-order valence-corrected chi connectivity index (χ3v) is 5.25. The standard InChI is InChI=1S/C20H19FN2O7S/c1-3-10-22-31(27,28)17-11-13(8-9-15(17)21)19(25)30-12-18(24)23-16-7-5-4-6-14(16)20(26)29-2/h3-9,11,22H,1,10,12H2,2H3,(H,23,24). The number of carbonyl (C=O) groups excluding carboxylic acids is 3. The van der Waals surface area contributed by atoms with Gasteiger partial charge in [0, 0.05) is 6.54 Å². The molecule has 0 saturated carbocycles. The largest absolute Gasteiger partial charge is 0.465 e. The molecule has 164 valence electrons. The van der Waals surface area contributed by atoms with E-state index in [1.807, 2.05) is 0 Å². The average Bonchev–Trinajstić information content (AvgIpc) is 2.76. The van der Waals surface area contributed by atoms with Gasteiger partial charge in [-0.15, -0.1) is 6.58 Å². The first-order valence-corrected chi connectivity index (χ1v) is 10.2. The lowest BCUT2D eigenvalue weighted by Crippen LogP contribution is -2.25. The molecule has 2 aromatic rings. The lowest BCUT2D eigenvalue weighted by atomic mass is 10.2. The van der Waals surface area contributed by atoms with E-state index < -0.39 is 45.2 Å². The normalized spacial score (nSPS) is 10.8. The molecular formula is C20H19FN2O7S. The average molecular weight is 450 g/mol. The van der Waals surface area contributed by atoms with Gasteiger partial charge < -0.3 is 14.8 Å². The number of hydrogen-bond donors (Lipinski definition) is 2. The van der Waals surface area contributed by atoms with Gasteiger partial charge in [0.2, 0.25) is 10.0 Å². The van der Waals surface area contributed by atoms with Gasteiger partial charge in [-0.25, -0.2) is 27.1 Å². The third-order valence-electron chi connectivity index (χ3n) is 3.81. The van der Waals surface area contributed by atoms with Crippen molar-refractivity contribution < 1.29 is 36.7 Å². The summed E-state index contributed by atoms with van der Waals surface area (Å²) in [6.07, 6.45) is 1.27. The highest BCUT2D eigenvalue weighted by Gasteiger charge is 2.22. The minimum Gasteiger partial charge on any atom is -0.465 e. The summed E-state index contributed by atoms with van der Waals surface area (Å²) in [4.78, 5) is 35.3. The molecule has 1 amide bonds. The number of ether oxygens (including phenoxy) is 2. The van der Waals surface area contributed by atoms with Crippen molar-refractivity contribution in [2.45, 2.75) is 4.90 Å². The van der Waals surface area contributed by atoms with Crippen LogP contribution < -0.4 is 10.0 Å². The Morgan fingerprint density at radius 3 is 2.52 bits per heavy atom. The van der Waals surface area contributed by atoms with Crippen LogP contribution in [0.4, 0.5) is 10.1 Å². The van der Waals surface area contributed by atoms with Crippen LogP contribution in [0.5, 0.6) is 0 Å². The van der Waals surface area contributed by atoms with Gasteiger partial charge in [0.15, 0.2) is 6.61 Å². The topological polar surface area (TPSA) is 128 Å². The second-order valence-corrected chi connectivity index (χ2v) is 7.68. The predicted molar refractivity (Wildman–Crippen MR) is 108 cm³/mol. The van der Waals surface area contributed by atoms with Crippen LogP contribution in [-0.2, 0) is 24.3 Å². The number of hydrogen-bond acceptors (Lipinski definition) is 7. The van der Waals surface area contributed by atoms with Crippen molar-refractivity contribution in [2.24, 2.45) is 0 Å². The summed E-state index contributed by atoms with van der Waals surface area (Å²) in [5, 5.41) is 2.41. The van der Waals surface area contributed by atoms with Crippen LogP contribution in [0.2, 0.25) is 0 Å². The number of methoxy groups -OCH3 is 1. The molecule has 0 spiro atoms. The second-order valence-electron chi connectivity index (χ2n) is 5.95. The Hall–Kier alpha value is -3.57. The molecule has 0 radical (unpaired) electrons. The van der Waals surface area contributed by atoms with E-state index in [9.17, 15) is 27.2 Å². The van der Waals surface area contributed by atoms with Crippen molar-refractivity contribution in [1.29, 1.82) is 0 Å². The van der Waals surface area contributed by atoms with Gasteiger partial charge >= 0.3 is 11.9 Å². The zero-order valence-electron chi connectivity index (χ0n) is 16.4. The fourth-order valence-electron chi connectivity index (χ4n) is 2.36. The number of nitrogens with one attached hydrogen (secondary N) is 2. The zero-order chi connectivity index (χ0) is 23.0. The molecule has 0 atom stereocenters. The molecule has 2 aromatic carbocycles. The van der Waals surface area contributed by atoms with Gasteiger partial charge in [-0.05, 0) is 30.3 Å². The number of halogens is 1. The smallest absolute Gasteiger partial charge is 0.339 e. The lowest BCUT2D eigenvalue weighted by Gasteiger charge is -2.11. The first kappa shape index (κ1) is 23.7. The summed E-state index contributed by atoms with van der Waals surface area (Å²) in [6.45, 7) is 2.49. The van der Waals surface area contributed by atoms with E-state index >= 15 is 0 Å². The van der Waals surface area contributed by atoms with Gasteiger partial charge in [0.25, 0.3) is 5.91 Å². The summed E-state index contributed by atoms with van der Waals surface area (Å²) in [5.74, 6) is -3.54. The number of amides is 1. The number of carbonyl (C=O) groups is 3. The van der Waals surface area contributed by atoms with Crippen LogP contribution in [0, 0.1) is 5.82 Å². The van der Waals surface area contributed by atoms with Crippen molar-refractivity contribution >= 4 is 33.6 Å². The first-order valence-electron chi connectivity index (χ1n) is 8.74. The molecule has 0 aliphatic carbocycles. The summed E-state index contributed by atoms with van der Waals surface area (Å²) < 4.78 is 49.7. The summed E-state index contributed by atoms with van der Waals surface area (Å²) in [5.41, 5.74) is -0.0212. The number of esters is 2. The Labute approximate surface area is 177 Å². The minimum atomic E-state index is -4.22. The van der Waals surface area contributed by atoms with E-state index in [2.05, 4.69) is 21.4 Å². The van der Waals surface area contributed by atoms with E-state index in [4.69, 9.17) is 4.74 Å². The van der Waals surface area contributed by atoms with Crippen molar-refractivity contribution in [3.63, 3.8) is 0 Å². The highest BCUT2D eigenvalue weighted by atomic mass is 32.2. The van der Waals surface area contributed by atoms with Crippen LogP contribution in [0.3, 0.4) is 0 Å². The summed E-state index contributed by atoms with van der Waals surface area (Å²) in [7, 11) is -3.04. The lowest BCUT2D eigenvalue weighted by molar-refractivity contribution is -0.119. The Bertz CT molecular complexity index is 1120. The number of sulfonamides is 1. The SMILES string of the molecule is C=CCNS(=O)(=O)c1cc(C(=O)OCC(=O)Nc2ccccc2C(=O)OC)ccc1F. The Morgan fingerprint density at radius 1 is 1.13 bits per heavy atom. The van der Waals surface area contributed by atoms with E-state index in [1.54, 1.807) is 12.1 Å². The monoisotopic (exact) mass is 450 g/mol. The van der Waals surface area contributed by atoms with Crippen molar-refractivity contribution in [3.05, 3.63) is 72.1 Å². The van der Waals surface area contributed by atoms with Gasteiger partial charge in [-0.2, -0.15) is 0 Å². The van der Waals surface area contributed by atoms with E-state index in [-0.39, 0.29) is 23.4 Å². The van der Waals surface area contributed by atoms with Gasteiger partial charge in [-0.3, -0.25) is 4.79 Å². The molecule has 0 fully saturated rings. The highest BCUT2D eigenvalue weighted by molar-refractivity contribution is 7.89. The molecular weight excluding hydrogens is 431 g/mol. The maximum absolute atomic E-state index is 13.9. The minimum absolute atomic E-state index is 0.102. The molecule has 0 heterocycles. The molecule has 0 unspecified atom stereocenters. The molecule has 2 N–H and O–H groups in total. The van der Waals surface area contributed by atoms with Crippen LogP contribution in [0.25, 0.3) is 0 Å². The van der Waals surface area contributed by atoms with Crippen LogP contribution >= 0.6 is 0 Å². The number of benzene rings is 2. The first-order chi connectivity index (χ1) is 14.7. The Balaban J connectivity index is 2.08. The maximum atomic E-state index is 13.9. The molecule has 9 nitrogen and oxygen atoms in total. The van der Waals surface area contributed by atoms with Crippen molar-refractivity contribution in [2.75, 3.05) is 25.6 Å². The second kappa shape index (κ2) is 10.5.